The monoisotopic (exact) mass is 249 g/mol. The van der Waals surface area contributed by atoms with Gasteiger partial charge in [0.15, 0.2) is 5.82 Å². The summed E-state index contributed by atoms with van der Waals surface area (Å²) in [6, 6.07) is 5.39. The first-order valence-corrected chi connectivity index (χ1v) is 5.53. The third-order valence-electron chi connectivity index (χ3n) is 2.43. The van der Waals surface area contributed by atoms with E-state index < -0.39 is 0 Å². The molecule has 1 aromatic heterocycles. The Balaban J connectivity index is 2.35. The molecule has 0 amide bonds. The van der Waals surface area contributed by atoms with Crippen LogP contribution in [-0.4, -0.2) is 30.9 Å². The number of hydrogen-bond acceptors (Lipinski definition) is 6. The third-order valence-corrected chi connectivity index (χ3v) is 2.43. The van der Waals surface area contributed by atoms with E-state index in [2.05, 4.69) is 10.1 Å². The fourth-order valence-corrected chi connectivity index (χ4v) is 1.53. The van der Waals surface area contributed by atoms with Crippen molar-refractivity contribution in [3.05, 3.63) is 24.0 Å². The lowest BCUT2D eigenvalue weighted by Gasteiger charge is -2.05. The highest BCUT2D eigenvalue weighted by Crippen LogP contribution is 2.28. The highest BCUT2D eigenvalue weighted by atomic mass is 16.5. The standard InChI is InChI=1S/C12H15N3O3/c1-16-9-5-8(6-10(7-9)17-2)12-14-11(3-4-13)15-18-12/h5-7H,3-4,13H2,1-2H3. The summed E-state index contributed by atoms with van der Waals surface area (Å²) < 4.78 is 15.5. The summed E-state index contributed by atoms with van der Waals surface area (Å²) in [5, 5.41) is 3.85. The zero-order valence-electron chi connectivity index (χ0n) is 10.3. The summed E-state index contributed by atoms with van der Waals surface area (Å²) in [6.45, 7) is 0.487. The van der Waals surface area contributed by atoms with E-state index in [1.807, 2.05) is 12.1 Å². The van der Waals surface area contributed by atoms with Crippen molar-refractivity contribution in [2.24, 2.45) is 5.73 Å². The molecule has 0 saturated carbocycles. The zero-order valence-corrected chi connectivity index (χ0v) is 10.3. The quantitative estimate of drug-likeness (QED) is 0.858. The van der Waals surface area contributed by atoms with Crippen LogP contribution in [0.15, 0.2) is 22.7 Å². The van der Waals surface area contributed by atoms with Crippen LogP contribution in [0, 0.1) is 0 Å². The second kappa shape index (κ2) is 5.50. The van der Waals surface area contributed by atoms with E-state index in [1.165, 1.54) is 0 Å². The summed E-state index contributed by atoms with van der Waals surface area (Å²) in [5.74, 6) is 2.36. The Hall–Kier alpha value is -2.08. The van der Waals surface area contributed by atoms with Gasteiger partial charge in [0.2, 0.25) is 0 Å². The summed E-state index contributed by atoms with van der Waals surface area (Å²) in [4.78, 5) is 4.25. The van der Waals surface area contributed by atoms with Crippen LogP contribution in [0.2, 0.25) is 0 Å². The molecule has 0 atom stereocenters. The van der Waals surface area contributed by atoms with Gasteiger partial charge in [-0.3, -0.25) is 0 Å². The molecule has 0 radical (unpaired) electrons. The summed E-state index contributed by atoms with van der Waals surface area (Å²) >= 11 is 0. The average molecular weight is 249 g/mol. The molecular formula is C12H15N3O3. The van der Waals surface area contributed by atoms with Crippen molar-refractivity contribution in [1.82, 2.24) is 10.1 Å². The minimum absolute atomic E-state index is 0.427. The minimum atomic E-state index is 0.427. The lowest BCUT2D eigenvalue weighted by molar-refractivity contribution is 0.393. The predicted octanol–water partition coefficient (Wildman–Crippen LogP) is 1.26. The van der Waals surface area contributed by atoms with Crippen molar-refractivity contribution in [2.45, 2.75) is 6.42 Å². The van der Waals surface area contributed by atoms with Gasteiger partial charge in [0.1, 0.15) is 11.5 Å². The maximum Gasteiger partial charge on any atom is 0.258 e. The maximum atomic E-state index is 5.44. The SMILES string of the molecule is COc1cc(OC)cc(-c2nc(CCN)no2)c1. The maximum absolute atomic E-state index is 5.44. The van der Waals surface area contributed by atoms with Crippen molar-refractivity contribution in [1.29, 1.82) is 0 Å². The van der Waals surface area contributed by atoms with E-state index in [0.717, 1.165) is 5.56 Å². The van der Waals surface area contributed by atoms with Crippen molar-refractivity contribution in [3.63, 3.8) is 0 Å². The number of aromatic nitrogens is 2. The van der Waals surface area contributed by atoms with Gasteiger partial charge in [-0.05, 0) is 18.7 Å². The second-order valence-corrected chi connectivity index (χ2v) is 3.66. The molecule has 6 nitrogen and oxygen atoms in total. The summed E-state index contributed by atoms with van der Waals surface area (Å²) in [5.41, 5.74) is 6.19. The lowest BCUT2D eigenvalue weighted by atomic mass is 10.2. The van der Waals surface area contributed by atoms with Crippen molar-refractivity contribution < 1.29 is 14.0 Å². The second-order valence-electron chi connectivity index (χ2n) is 3.66. The zero-order chi connectivity index (χ0) is 13.0. The van der Waals surface area contributed by atoms with E-state index in [9.17, 15) is 0 Å². The molecule has 0 aliphatic rings. The number of nitrogens with two attached hydrogens (primary N) is 1. The highest BCUT2D eigenvalue weighted by molar-refractivity contribution is 5.59. The smallest absolute Gasteiger partial charge is 0.258 e. The molecule has 96 valence electrons. The van der Waals surface area contributed by atoms with Crippen LogP contribution in [0.3, 0.4) is 0 Å². The Bertz CT molecular complexity index is 503. The average Bonchev–Trinajstić information content (AvgIpc) is 2.87. The van der Waals surface area contributed by atoms with Crippen LogP contribution in [0.1, 0.15) is 5.82 Å². The number of benzene rings is 1. The van der Waals surface area contributed by atoms with Gasteiger partial charge in [0.05, 0.1) is 14.2 Å². The van der Waals surface area contributed by atoms with E-state index >= 15 is 0 Å². The molecular weight excluding hydrogens is 234 g/mol. The molecule has 1 aromatic carbocycles. The molecule has 2 rings (SSSR count). The Labute approximate surface area is 105 Å². The summed E-state index contributed by atoms with van der Waals surface area (Å²) in [7, 11) is 3.18. The van der Waals surface area contributed by atoms with Gasteiger partial charge in [0, 0.05) is 18.1 Å². The molecule has 2 aromatic rings. The molecule has 0 fully saturated rings. The molecule has 18 heavy (non-hydrogen) atoms. The first-order chi connectivity index (χ1) is 8.76. The van der Waals surface area contributed by atoms with Gasteiger partial charge in [0.25, 0.3) is 5.89 Å². The van der Waals surface area contributed by atoms with E-state index in [0.29, 0.717) is 36.2 Å². The molecule has 6 heteroatoms. The summed E-state index contributed by atoms with van der Waals surface area (Å²) in [6.07, 6.45) is 0.588. The van der Waals surface area contributed by atoms with Crippen LogP contribution >= 0.6 is 0 Å². The Morgan fingerprint density at radius 2 is 1.83 bits per heavy atom. The van der Waals surface area contributed by atoms with Crippen molar-refractivity contribution in [2.75, 3.05) is 20.8 Å². The predicted molar refractivity (Wildman–Crippen MR) is 65.6 cm³/mol. The first kappa shape index (κ1) is 12.4. The molecule has 0 saturated heterocycles. The number of hydrogen-bond donors (Lipinski definition) is 1. The molecule has 0 aliphatic carbocycles. The van der Waals surface area contributed by atoms with Gasteiger partial charge >= 0.3 is 0 Å². The molecule has 0 aliphatic heterocycles. The normalized spacial score (nSPS) is 10.4. The van der Waals surface area contributed by atoms with Crippen LogP contribution < -0.4 is 15.2 Å². The molecule has 0 spiro atoms. The van der Waals surface area contributed by atoms with E-state index in [-0.39, 0.29) is 0 Å². The Morgan fingerprint density at radius 3 is 2.39 bits per heavy atom. The van der Waals surface area contributed by atoms with Crippen LogP contribution in [0.5, 0.6) is 11.5 Å². The van der Waals surface area contributed by atoms with Crippen molar-refractivity contribution >= 4 is 0 Å². The van der Waals surface area contributed by atoms with Gasteiger partial charge in [-0.25, -0.2) is 0 Å². The van der Waals surface area contributed by atoms with Crippen LogP contribution in [-0.2, 0) is 6.42 Å². The lowest BCUT2D eigenvalue weighted by Crippen LogP contribution is -2.03. The highest BCUT2D eigenvalue weighted by Gasteiger charge is 2.11. The van der Waals surface area contributed by atoms with Crippen molar-refractivity contribution in [3.8, 4) is 23.0 Å². The van der Waals surface area contributed by atoms with Gasteiger partial charge in [-0.1, -0.05) is 5.16 Å². The molecule has 2 N–H and O–H groups in total. The van der Waals surface area contributed by atoms with Crippen LogP contribution in [0.25, 0.3) is 11.5 Å². The number of ether oxygens (including phenoxy) is 2. The minimum Gasteiger partial charge on any atom is -0.497 e. The van der Waals surface area contributed by atoms with Gasteiger partial charge in [-0.2, -0.15) is 4.98 Å². The largest absolute Gasteiger partial charge is 0.497 e. The molecule has 1 heterocycles. The number of methoxy groups -OCH3 is 2. The fraction of sp³-hybridized carbons (Fsp3) is 0.333. The molecule has 0 unspecified atom stereocenters. The van der Waals surface area contributed by atoms with Crippen LogP contribution in [0.4, 0.5) is 0 Å². The van der Waals surface area contributed by atoms with E-state index in [4.69, 9.17) is 19.7 Å². The first-order valence-electron chi connectivity index (χ1n) is 5.53. The molecule has 0 bridgehead atoms. The topological polar surface area (TPSA) is 83.4 Å². The number of rotatable bonds is 5. The van der Waals surface area contributed by atoms with E-state index in [1.54, 1.807) is 20.3 Å². The fourth-order valence-electron chi connectivity index (χ4n) is 1.53. The Kier molecular flexibility index (Phi) is 3.78. The number of nitrogens with zero attached hydrogens (tertiary/aromatic N) is 2. The van der Waals surface area contributed by atoms with Gasteiger partial charge < -0.3 is 19.7 Å². The third kappa shape index (κ3) is 2.60. The Morgan fingerprint density at radius 1 is 1.17 bits per heavy atom. The van der Waals surface area contributed by atoms with Gasteiger partial charge in [-0.15, -0.1) is 0 Å².